The summed E-state index contributed by atoms with van der Waals surface area (Å²) in [5.74, 6) is 0. The molecule has 1 saturated heterocycles. The molecule has 0 amide bonds. The van der Waals surface area contributed by atoms with Crippen molar-refractivity contribution in [2.75, 3.05) is 29.9 Å². The van der Waals surface area contributed by atoms with Gasteiger partial charge in [-0.15, -0.1) is 0 Å². The van der Waals surface area contributed by atoms with Gasteiger partial charge < -0.3 is 9.80 Å². The van der Waals surface area contributed by atoms with Crippen LogP contribution in [0.25, 0.3) is 5.57 Å². The fourth-order valence-electron chi connectivity index (χ4n) is 3.82. The summed E-state index contributed by atoms with van der Waals surface area (Å²) < 4.78 is 0. The van der Waals surface area contributed by atoms with Crippen molar-refractivity contribution in [3.05, 3.63) is 96.1 Å². The number of hydrogen-bond acceptors (Lipinski definition) is 2. The Labute approximate surface area is 168 Å². The van der Waals surface area contributed by atoms with Gasteiger partial charge in [-0.2, -0.15) is 0 Å². The van der Waals surface area contributed by atoms with Crippen LogP contribution in [0.2, 0.25) is 0 Å². The largest absolute Gasteiger partial charge is 0.372 e. The van der Waals surface area contributed by atoms with Gasteiger partial charge >= 0.3 is 0 Å². The zero-order valence-electron chi connectivity index (χ0n) is 16.9. The maximum Gasteiger partial charge on any atom is 0.0408 e. The standard InChI is InChI=1S/C26H28N2/c1-20-6-12-24(13-7-20)27(3)25-14-8-22(9-15-25)21(2)23-10-16-26(17-11-23)28-18-4-5-19-28/h6-17H,2,4-5,18-19H2,1,3H3. The second kappa shape index (κ2) is 7.93. The first-order valence-electron chi connectivity index (χ1n) is 10.1. The minimum absolute atomic E-state index is 1.07. The zero-order valence-corrected chi connectivity index (χ0v) is 16.9. The van der Waals surface area contributed by atoms with Gasteiger partial charge in [-0.1, -0.05) is 48.5 Å². The number of anilines is 3. The molecule has 3 aromatic rings. The van der Waals surface area contributed by atoms with Gasteiger partial charge in [0.2, 0.25) is 0 Å². The summed E-state index contributed by atoms with van der Waals surface area (Å²) in [6.45, 7) is 8.80. The Morgan fingerprint density at radius 2 is 1.21 bits per heavy atom. The van der Waals surface area contributed by atoms with Gasteiger partial charge in [0.1, 0.15) is 0 Å². The van der Waals surface area contributed by atoms with Crippen LogP contribution < -0.4 is 9.80 Å². The van der Waals surface area contributed by atoms with Crippen molar-refractivity contribution < 1.29 is 0 Å². The Bertz CT molecular complexity index is 931. The highest BCUT2D eigenvalue weighted by Crippen LogP contribution is 2.29. The normalized spacial score (nSPS) is 13.6. The van der Waals surface area contributed by atoms with E-state index in [0.717, 1.165) is 11.1 Å². The SMILES string of the molecule is C=C(c1ccc(N2CCCC2)cc1)c1ccc(N(C)c2ccc(C)cc2)cc1. The molecule has 0 atom stereocenters. The first-order valence-corrected chi connectivity index (χ1v) is 10.1. The molecular weight excluding hydrogens is 340 g/mol. The number of benzene rings is 3. The number of rotatable bonds is 5. The van der Waals surface area contributed by atoms with Crippen molar-refractivity contribution in [3.63, 3.8) is 0 Å². The van der Waals surface area contributed by atoms with E-state index < -0.39 is 0 Å². The summed E-state index contributed by atoms with van der Waals surface area (Å²) in [4.78, 5) is 4.67. The highest BCUT2D eigenvalue weighted by Gasteiger charge is 2.12. The molecule has 1 heterocycles. The van der Waals surface area contributed by atoms with E-state index in [-0.39, 0.29) is 0 Å². The van der Waals surface area contributed by atoms with Gasteiger partial charge in [0.25, 0.3) is 0 Å². The molecule has 0 N–H and O–H groups in total. The third kappa shape index (κ3) is 3.82. The van der Waals surface area contributed by atoms with Crippen molar-refractivity contribution >= 4 is 22.6 Å². The second-order valence-electron chi connectivity index (χ2n) is 7.66. The molecule has 142 valence electrons. The fraction of sp³-hybridized carbons (Fsp3) is 0.231. The fourth-order valence-corrected chi connectivity index (χ4v) is 3.82. The highest BCUT2D eigenvalue weighted by molar-refractivity contribution is 5.80. The van der Waals surface area contributed by atoms with E-state index in [1.54, 1.807) is 0 Å². The van der Waals surface area contributed by atoms with Crippen LogP contribution in [-0.2, 0) is 0 Å². The van der Waals surface area contributed by atoms with Gasteiger partial charge in [-0.25, -0.2) is 0 Å². The third-order valence-electron chi connectivity index (χ3n) is 5.71. The minimum atomic E-state index is 1.07. The number of nitrogens with zero attached hydrogens (tertiary/aromatic N) is 2. The molecule has 0 spiro atoms. The molecule has 0 saturated carbocycles. The average molecular weight is 369 g/mol. The monoisotopic (exact) mass is 368 g/mol. The number of aryl methyl sites for hydroxylation is 1. The smallest absolute Gasteiger partial charge is 0.0408 e. The van der Waals surface area contributed by atoms with Gasteiger partial charge in [0.05, 0.1) is 0 Å². The van der Waals surface area contributed by atoms with E-state index in [4.69, 9.17) is 0 Å². The van der Waals surface area contributed by atoms with Crippen LogP contribution >= 0.6 is 0 Å². The molecule has 0 unspecified atom stereocenters. The van der Waals surface area contributed by atoms with Gasteiger partial charge in [-0.3, -0.25) is 0 Å². The molecule has 1 fully saturated rings. The van der Waals surface area contributed by atoms with E-state index in [9.17, 15) is 0 Å². The zero-order chi connectivity index (χ0) is 19.5. The summed E-state index contributed by atoms with van der Waals surface area (Å²) in [6.07, 6.45) is 2.61. The van der Waals surface area contributed by atoms with Crippen LogP contribution in [0.5, 0.6) is 0 Å². The molecule has 1 aliphatic rings. The van der Waals surface area contributed by atoms with Crippen molar-refractivity contribution in [1.82, 2.24) is 0 Å². The lowest BCUT2D eigenvalue weighted by atomic mass is 9.99. The molecular formula is C26H28N2. The Balaban J connectivity index is 1.48. The second-order valence-corrected chi connectivity index (χ2v) is 7.66. The Hall–Kier alpha value is -3.00. The molecule has 28 heavy (non-hydrogen) atoms. The summed E-state index contributed by atoms with van der Waals surface area (Å²) in [6, 6.07) is 26.1. The first-order chi connectivity index (χ1) is 13.6. The first kappa shape index (κ1) is 18.4. The maximum absolute atomic E-state index is 4.34. The lowest BCUT2D eigenvalue weighted by Crippen LogP contribution is -2.17. The van der Waals surface area contributed by atoms with E-state index in [2.05, 4.69) is 103 Å². The Morgan fingerprint density at radius 1 is 0.750 bits per heavy atom. The molecule has 0 bridgehead atoms. The van der Waals surface area contributed by atoms with E-state index in [0.29, 0.717) is 0 Å². The summed E-state index contributed by atoms with van der Waals surface area (Å²) in [5, 5.41) is 0. The van der Waals surface area contributed by atoms with E-state index in [1.165, 1.54) is 54.1 Å². The van der Waals surface area contributed by atoms with E-state index >= 15 is 0 Å². The van der Waals surface area contributed by atoms with Gasteiger partial charge in [0.15, 0.2) is 0 Å². The molecule has 0 aromatic heterocycles. The van der Waals surface area contributed by atoms with Crippen molar-refractivity contribution in [2.24, 2.45) is 0 Å². The summed E-state index contributed by atoms with van der Waals surface area (Å²) >= 11 is 0. The van der Waals surface area contributed by atoms with Crippen LogP contribution in [-0.4, -0.2) is 20.1 Å². The maximum atomic E-state index is 4.34. The summed E-state index contributed by atoms with van der Waals surface area (Å²) in [5.41, 5.74) is 8.37. The predicted octanol–water partition coefficient (Wildman–Crippen LogP) is 6.42. The van der Waals surface area contributed by atoms with Crippen molar-refractivity contribution in [2.45, 2.75) is 19.8 Å². The molecule has 0 radical (unpaired) electrons. The van der Waals surface area contributed by atoms with Crippen molar-refractivity contribution in [3.8, 4) is 0 Å². The van der Waals surface area contributed by atoms with Gasteiger partial charge in [-0.05, 0) is 72.9 Å². The van der Waals surface area contributed by atoms with Crippen LogP contribution in [0.15, 0.2) is 79.4 Å². The Kier molecular flexibility index (Phi) is 5.21. The van der Waals surface area contributed by atoms with Crippen LogP contribution in [0.4, 0.5) is 17.1 Å². The van der Waals surface area contributed by atoms with Crippen LogP contribution in [0.3, 0.4) is 0 Å². The molecule has 2 heteroatoms. The molecule has 3 aromatic carbocycles. The van der Waals surface area contributed by atoms with Crippen LogP contribution in [0.1, 0.15) is 29.5 Å². The lowest BCUT2D eigenvalue weighted by molar-refractivity contribution is 0.949. The number of hydrogen-bond donors (Lipinski definition) is 0. The Morgan fingerprint density at radius 3 is 1.75 bits per heavy atom. The van der Waals surface area contributed by atoms with Crippen LogP contribution in [0, 0.1) is 6.92 Å². The molecule has 2 nitrogen and oxygen atoms in total. The lowest BCUT2D eigenvalue weighted by Gasteiger charge is -2.20. The quantitative estimate of drug-likeness (QED) is 0.512. The molecule has 4 rings (SSSR count). The summed E-state index contributed by atoms with van der Waals surface area (Å²) in [7, 11) is 2.10. The average Bonchev–Trinajstić information content (AvgIpc) is 3.28. The third-order valence-corrected chi connectivity index (χ3v) is 5.71. The minimum Gasteiger partial charge on any atom is -0.372 e. The molecule has 1 aliphatic heterocycles. The highest BCUT2D eigenvalue weighted by atomic mass is 15.1. The molecule has 0 aliphatic carbocycles. The predicted molar refractivity (Wildman–Crippen MR) is 122 cm³/mol. The topological polar surface area (TPSA) is 6.48 Å². The van der Waals surface area contributed by atoms with Gasteiger partial charge in [0, 0.05) is 37.2 Å². The van der Waals surface area contributed by atoms with E-state index in [1.807, 2.05) is 0 Å². The van der Waals surface area contributed by atoms with Crippen molar-refractivity contribution in [1.29, 1.82) is 0 Å².